The Morgan fingerprint density at radius 2 is 2.11 bits per heavy atom. The summed E-state index contributed by atoms with van der Waals surface area (Å²) in [6.45, 7) is 2.38. The highest BCUT2D eigenvalue weighted by atomic mass is 16.2. The van der Waals surface area contributed by atoms with E-state index in [4.69, 9.17) is 11.5 Å². The molecule has 1 rings (SSSR count). The van der Waals surface area contributed by atoms with E-state index in [0.717, 1.165) is 0 Å². The van der Waals surface area contributed by atoms with E-state index in [-0.39, 0.29) is 19.0 Å². The predicted molar refractivity (Wildman–Crippen MR) is 73.1 cm³/mol. The molecule has 0 unspecified atom stereocenters. The van der Waals surface area contributed by atoms with E-state index in [9.17, 15) is 9.59 Å². The first-order chi connectivity index (χ1) is 9.08. The van der Waals surface area contributed by atoms with E-state index in [1.807, 2.05) is 0 Å². The monoisotopic (exact) mass is 259 g/mol. The fourth-order valence-electron chi connectivity index (χ4n) is 1.58. The zero-order chi connectivity index (χ0) is 14.3. The summed E-state index contributed by atoms with van der Waals surface area (Å²) in [5.41, 5.74) is 11.6. The molecule has 0 saturated carbocycles. The van der Waals surface area contributed by atoms with Crippen LogP contribution in [0.4, 0.5) is 0 Å². The number of primary amides is 1. The molecule has 0 aliphatic carbocycles. The largest absolute Gasteiger partial charge is 0.368 e. The first-order valence-electron chi connectivity index (χ1n) is 5.95. The molecule has 2 amide bonds. The number of rotatable bonds is 4. The van der Waals surface area contributed by atoms with Crippen molar-refractivity contribution in [2.24, 2.45) is 11.5 Å². The van der Waals surface area contributed by atoms with Crippen LogP contribution in [0.5, 0.6) is 0 Å². The zero-order valence-corrected chi connectivity index (χ0v) is 10.8. The highest BCUT2D eigenvalue weighted by Gasteiger charge is 2.15. The van der Waals surface area contributed by atoms with Crippen molar-refractivity contribution in [3.63, 3.8) is 0 Å². The molecule has 100 valence electrons. The van der Waals surface area contributed by atoms with Crippen molar-refractivity contribution in [2.75, 3.05) is 19.6 Å². The molecule has 0 spiro atoms. The van der Waals surface area contributed by atoms with Crippen molar-refractivity contribution in [3.05, 3.63) is 35.4 Å². The maximum atomic E-state index is 12.2. The molecule has 1 aromatic carbocycles. The maximum Gasteiger partial charge on any atom is 0.254 e. The van der Waals surface area contributed by atoms with Crippen molar-refractivity contribution in [3.8, 4) is 11.8 Å². The van der Waals surface area contributed by atoms with E-state index >= 15 is 0 Å². The van der Waals surface area contributed by atoms with Crippen LogP contribution in [0, 0.1) is 11.8 Å². The molecule has 5 heteroatoms. The highest BCUT2D eigenvalue weighted by Crippen LogP contribution is 2.08. The van der Waals surface area contributed by atoms with Crippen LogP contribution in [0.2, 0.25) is 0 Å². The van der Waals surface area contributed by atoms with Gasteiger partial charge in [-0.3, -0.25) is 9.59 Å². The second-order valence-corrected chi connectivity index (χ2v) is 3.87. The third-order valence-electron chi connectivity index (χ3n) is 2.46. The molecule has 19 heavy (non-hydrogen) atoms. The smallest absolute Gasteiger partial charge is 0.254 e. The molecule has 4 N–H and O–H groups in total. The van der Waals surface area contributed by atoms with E-state index in [1.165, 1.54) is 4.90 Å². The Morgan fingerprint density at radius 1 is 1.37 bits per heavy atom. The van der Waals surface area contributed by atoms with E-state index in [1.54, 1.807) is 31.2 Å². The first-order valence-corrected chi connectivity index (χ1v) is 5.95. The average molecular weight is 259 g/mol. The number of benzene rings is 1. The van der Waals surface area contributed by atoms with Gasteiger partial charge in [0.05, 0.1) is 13.1 Å². The van der Waals surface area contributed by atoms with E-state index in [0.29, 0.717) is 17.7 Å². The van der Waals surface area contributed by atoms with Crippen LogP contribution in [0.1, 0.15) is 22.8 Å². The van der Waals surface area contributed by atoms with Gasteiger partial charge in [-0.05, 0) is 25.1 Å². The summed E-state index contributed by atoms with van der Waals surface area (Å²) >= 11 is 0. The quantitative estimate of drug-likeness (QED) is 0.743. The van der Waals surface area contributed by atoms with Crippen LogP contribution in [0.15, 0.2) is 24.3 Å². The third-order valence-corrected chi connectivity index (χ3v) is 2.46. The van der Waals surface area contributed by atoms with Gasteiger partial charge in [-0.25, -0.2) is 0 Å². The molecule has 0 fully saturated rings. The summed E-state index contributed by atoms with van der Waals surface area (Å²) in [4.78, 5) is 24.5. The van der Waals surface area contributed by atoms with Crippen LogP contribution in [0.25, 0.3) is 0 Å². The fourth-order valence-corrected chi connectivity index (χ4v) is 1.58. The lowest BCUT2D eigenvalue weighted by Crippen LogP contribution is -2.38. The molecular formula is C14H17N3O2. The number of carbonyl (C=O) groups is 2. The minimum absolute atomic E-state index is 0.0892. The normalized spacial score (nSPS) is 9.37. The third kappa shape index (κ3) is 4.45. The molecule has 1 aromatic rings. The minimum Gasteiger partial charge on any atom is -0.368 e. The second-order valence-electron chi connectivity index (χ2n) is 3.87. The molecular weight excluding hydrogens is 242 g/mol. The number of nitrogens with zero attached hydrogens (tertiary/aromatic N) is 1. The minimum atomic E-state index is -0.533. The maximum absolute atomic E-state index is 12.2. The fraction of sp³-hybridized carbons (Fsp3) is 0.286. The summed E-state index contributed by atoms with van der Waals surface area (Å²) < 4.78 is 0. The lowest BCUT2D eigenvalue weighted by atomic mass is 10.1. The molecule has 0 aliphatic rings. The van der Waals surface area contributed by atoms with Crippen LogP contribution < -0.4 is 11.5 Å². The summed E-state index contributed by atoms with van der Waals surface area (Å²) in [7, 11) is 0. The Labute approximate surface area is 112 Å². The Morgan fingerprint density at radius 3 is 2.68 bits per heavy atom. The topological polar surface area (TPSA) is 89.4 Å². The number of hydrogen-bond acceptors (Lipinski definition) is 3. The van der Waals surface area contributed by atoms with Gasteiger partial charge in [-0.2, -0.15) is 0 Å². The Kier molecular flexibility index (Phi) is 5.58. The van der Waals surface area contributed by atoms with E-state index < -0.39 is 5.91 Å². The number of carbonyl (C=O) groups excluding carboxylic acids is 2. The van der Waals surface area contributed by atoms with Crippen molar-refractivity contribution in [1.82, 2.24) is 4.90 Å². The van der Waals surface area contributed by atoms with Crippen molar-refractivity contribution < 1.29 is 9.59 Å². The zero-order valence-electron chi connectivity index (χ0n) is 10.8. The van der Waals surface area contributed by atoms with Gasteiger partial charge in [0, 0.05) is 17.7 Å². The van der Waals surface area contributed by atoms with Gasteiger partial charge in [0.25, 0.3) is 5.91 Å². The van der Waals surface area contributed by atoms with Crippen molar-refractivity contribution in [1.29, 1.82) is 0 Å². The molecule has 0 radical (unpaired) electrons. The predicted octanol–water partition coefficient (Wildman–Crippen LogP) is -0.0558. The molecule has 0 bridgehead atoms. The lowest BCUT2D eigenvalue weighted by Gasteiger charge is -2.19. The first kappa shape index (κ1) is 14.7. The summed E-state index contributed by atoms with van der Waals surface area (Å²) in [6.07, 6.45) is 0. The number of hydrogen-bond donors (Lipinski definition) is 2. The van der Waals surface area contributed by atoms with Crippen molar-refractivity contribution >= 4 is 11.8 Å². The van der Waals surface area contributed by atoms with E-state index in [2.05, 4.69) is 11.8 Å². The van der Waals surface area contributed by atoms with Crippen molar-refractivity contribution in [2.45, 2.75) is 6.92 Å². The van der Waals surface area contributed by atoms with Gasteiger partial charge in [0.2, 0.25) is 5.91 Å². The van der Waals surface area contributed by atoms with Gasteiger partial charge in [-0.1, -0.05) is 17.9 Å². The van der Waals surface area contributed by atoms with Crippen LogP contribution in [0.3, 0.4) is 0 Å². The molecule has 5 nitrogen and oxygen atoms in total. The van der Waals surface area contributed by atoms with Crippen LogP contribution in [-0.4, -0.2) is 36.3 Å². The Hall–Kier alpha value is -2.32. The van der Waals surface area contributed by atoms with Gasteiger partial charge in [0.15, 0.2) is 0 Å². The second kappa shape index (κ2) is 7.19. The standard InChI is InChI=1S/C14H17N3O2/c1-2-17(10-13(16)18)14(19)12-7-3-5-11(9-12)6-4-8-15/h3,5,7,9H,2,8,10,15H2,1H3,(H2,16,18). The Bertz CT molecular complexity index is 529. The lowest BCUT2D eigenvalue weighted by molar-refractivity contribution is -0.118. The van der Waals surface area contributed by atoms with Crippen LogP contribution >= 0.6 is 0 Å². The molecule has 0 aromatic heterocycles. The highest BCUT2D eigenvalue weighted by molar-refractivity contribution is 5.96. The molecule has 0 atom stereocenters. The molecule has 0 heterocycles. The number of nitrogens with two attached hydrogens (primary N) is 2. The summed E-state index contributed by atoms with van der Waals surface area (Å²) in [6, 6.07) is 6.89. The summed E-state index contributed by atoms with van der Waals surface area (Å²) in [5, 5.41) is 0. The molecule has 0 saturated heterocycles. The van der Waals surface area contributed by atoms with Gasteiger partial charge in [0.1, 0.15) is 0 Å². The van der Waals surface area contributed by atoms with Gasteiger partial charge < -0.3 is 16.4 Å². The van der Waals surface area contributed by atoms with Crippen LogP contribution in [-0.2, 0) is 4.79 Å². The Balaban J connectivity index is 2.95. The SMILES string of the molecule is CCN(CC(N)=O)C(=O)c1cccc(C#CCN)c1. The number of amides is 2. The average Bonchev–Trinajstić information content (AvgIpc) is 2.41. The van der Waals surface area contributed by atoms with Gasteiger partial charge >= 0.3 is 0 Å². The summed E-state index contributed by atoms with van der Waals surface area (Å²) in [5.74, 6) is 4.81. The molecule has 0 aliphatic heterocycles. The number of likely N-dealkylation sites (N-methyl/N-ethyl adjacent to an activating group) is 1. The van der Waals surface area contributed by atoms with Gasteiger partial charge in [-0.15, -0.1) is 0 Å².